The van der Waals surface area contributed by atoms with Gasteiger partial charge in [0.25, 0.3) is 5.91 Å². The highest BCUT2D eigenvalue weighted by molar-refractivity contribution is 5.94. The fourth-order valence-corrected chi connectivity index (χ4v) is 2.82. The lowest BCUT2D eigenvalue weighted by molar-refractivity contribution is 0.0955. The average Bonchev–Trinajstić information content (AvgIpc) is 2.60. The summed E-state index contributed by atoms with van der Waals surface area (Å²) in [6, 6.07) is 12.3. The molecular weight excluding hydrogens is 316 g/mol. The topological polar surface area (TPSA) is 85.3 Å². The number of carbonyl (C=O) groups excluding carboxylic acids is 1. The standard InChI is InChI=1S/C20H20N2O3/c1-12-9-13(2)19-16(10-12)17(23)11-18(25-19)14-3-5-15(6-4-14)20(24)22-8-7-21/h3-6,9-11H,7-8,21H2,1-2H3,(H,22,24). The third-order valence-corrected chi connectivity index (χ3v) is 4.02. The minimum Gasteiger partial charge on any atom is -0.456 e. The zero-order valence-corrected chi connectivity index (χ0v) is 14.3. The highest BCUT2D eigenvalue weighted by atomic mass is 16.3. The Hall–Kier alpha value is -2.92. The zero-order valence-electron chi connectivity index (χ0n) is 14.3. The normalized spacial score (nSPS) is 10.8. The lowest BCUT2D eigenvalue weighted by atomic mass is 10.1. The van der Waals surface area contributed by atoms with Crippen molar-refractivity contribution >= 4 is 16.9 Å². The number of hydrogen-bond donors (Lipinski definition) is 2. The van der Waals surface area contributed by atoms with Crippen molar-refractivity contribution in [3.63, 3.8) is 0 Å². The van der Waals surface area contributed by atoms with E-state index in [9.17, 15) is 9.59 Å². The van der Waals surface area contributed by atoms with Crippen LogP contribution in [-0.4, -0.2) is 19.0 Å². The number of benzene rings is 2. The summed E-state index contributed by atoms with van der Waals surface area (Å²) in [5.74, 6) is 0.307. The molecule has 2 aromatic carbocycles. The average molecular weight is 336 g/mol. The fourth-order valence-electron chi connectivity index (χ4n) is 2.82. The van der Waals surface area contributed by atoms with Crippen LogP contribution in [0.3, 0.4) is 0 Å². The lowest BCUT2D eigenvalue weighted by Gasteiger charge is -2.08. The van der Waals surface area contributed by atoms with E-state index < -0.39 is 0 Å². The van der Waals surface area contributed by atoms with Crippen molar-refractivity contribution in [1.82, 2.24) is 5.32 Å². The number of hydrogen-bond acceptors (Lipinski definition) is 4. The van der Waals surface area contributed by atoms with E-state index in [-0.39, 0.29) is 11.3 Å². The van der Waals surface area contributed by atoms with Crippen molar-refractivity contribution < 1.29 is 9.21 Å². The molecule has 1 aromatic heterocycles. The van der Waals surface area contributed by atoms with Crippen LogP contribution in [0.1, 0.15) is 21.5 Å². The smallest absolute Gasteiger partial charge is 0.251 e. The number of carbonyl (C=O) groups is 1. The van der Waals surface area contributed by atoms with E-state index in [0.717, 1.165) is 16.7 Å². The summed E-state index contributed by atoms with van der Waals surface area (Å²) in [7, 11) is 0. The van der Waals surface area contributed by atoms with Gasteiger partial charge in [0, 0.05) is 30.3 Å². The predicted molar refractivity (Wildman–Crippen MR) is 98.8 cm³/mol. The number of rotatable bonds is 4. The molecule has 25 heavy (non-hydrogen) atoms. The summed E-state index contributed by atoms with van der Waals surface area (Å²) in [5, 5.41) is 3.30. The van der Waals surface area contributed by atoms with E-state index in [4.69, 9.17) is 10.2 Å². The van der Waals surface area contributed by atoms with Gasteiger partial charge < -0.3 is 15.5 Å². The second-order valence-corrected chi connectivity index (χ2v) is 6.06. The van der Waals surface area contributed by atoms with E-state index >= 15 is 0 Å². The predicted octanol–water partition coefficient (Wildman–Crippen LogP) is 2.77. The number of amides is 1. The number of fused-ring (bicyclic) bond motifs is 1. The molecule has 3 N–H and O–H groups in total. The van der Waals surface area contributed by atoms with E-state index in [1.54, 1.807) is 24.3 Å². The van der Waals surface area contributed by atoms with Gasteiger partial charge in [-0.3, -0.25) is 9.59 Å². The molecule has 3 aromatic rings. The van der Waals surface area contributed by atoms with Crippen LogP contribution in [0, 0.1) is 13.8 Å². The molecule has 0 saturated heterocycles. The minimum absolute atomic E-state index is 0.0761. The molecule has 0 unspecified atom stereocenters. The molecule has 128 valence electrons. The Kier molecular flexibility index (Phi) is 4.67. The summed E-state index contributed by atoms with van der Waals surface area (Å²) in [4.78, 5) is 24.4. The Morgan fingerprint density at radius 1 is 1.12 bits per heavy atom. The second kappa shape index (κ2) is 6.91. The van der Waals surface area contributed by atoms with Gasteiger partial charge in [-0.1, -0.05) is 18.2 Å². The van der Waals surface area contributed by atoms with E-state index in [2.05, 4.69) is 5.32 Å². The van der Waals surface area contributed by atoms with Gasteiger partial charge in [-0.25, -0.2) is 0 Å². The van der Waals surface area contributed by atoms with Gasteiger partial charge in [0.2, 0.25) is 0 Å². The maximum absolute atomic E-state index is 12.4. The molecule has 0 bridgehead atoms. The molecule has 3 rings (SSSR count). The first kappa shape index (κ1) is 16.9. The third-order valence-electron chi connectivity index (χ3n) is 4.02. The second-order valence-electron chi connectivity index (χ2n) is 6.06. The Balaban J connectivity index is 1.99. The highest BCUT2D eigenvalue weighted by Gasteiger charge is 2.11. The molecule has 0 spiro atoms. The van der Waals surface area contributed by atoms with Crippen LogP contribution >= 0.6 is 0 Å². The summed E-state index contributed by atoms with van der Waals surface area (Å²) in [5.41, 5.74) is 9.13. The summed E-state index contributed by atoms with van der Waals surface area (Å²) < 4.78 is 5.96. The van der Waals surface area contributed by atoms with E-state index in [1.165, 1.54) is 6.07 Å². The van der Waals surface area contributed by atoms with Crippen molar-refractivity contribution in [1.29, 1.82) is 0 Å². The largest absolute Gasteiger partial charge is 0.456 e. The van der Waals surface area contributed by atoms with Crippen LogP contribution in [-0.2, 0) is 0 Å². The minimum atomic E-state index is -0.178. The maximum Gasteiger partial charge on any atom is 0.251 e. The van der Waals surface area contributed by atoms with Crippen LogP contribution in [0.2, 0.25) is 0 Å². The highest BCUT2D eigenvalue weighted by Crippen LogP contribution is 2.25. The van der Waals surface area contributed by atoms with Crippen LogP contribution in [0.15, 0.2) is 51.7 Å². The number of nitrogens with one attached hydrogen (secondary N) is 1. The third kappa shape index (κ3) is 3.46. The zero-order chi connectivity index (χ0) is 18.0. The molecule has 0 aliphatic carbocycles. The molecule has 5 heteroatoms. The van der Waals surface area contributed by atoms with Gasteiger partial charge in [-0.15, -0.1) is 0 Å². The van der Waals surface area contributed by atoms with Gasteiger partial charge >= 0.3 is 0 Å². The monoisotopic (exact) mass is 336 g/mol. The van der Waals surface area contributed by atoms with Crippen LogP contribution in [0.4, 0.5) is 0 Å². The molecule has 0 saturated carbocycles. The quantitative estimate of drug-likeness (QED) is 0.767. The Labute approximate surface area is 145 Å². The van der Waals surface area contributed by atoms with E-state index in [1.807, 2.05) is 26.0 Å². The van der Waals surface area contributed by atoms with Crippen LogP contribution < -0.4 is 16.5 Å². The Morgan fingerprint density at radius 3 is 2.52 bits per heavy atom. The molecule has 1 amide bonds. The van der Waals surface area contributed by atoms with E-state index in [0.29, 0.717) is 35.4 Å². The van der Waals surface area contributed by atoms with Crippen molar-refractivity contribution in [2.45, 2.75) is 13.8 Å². The Morgan fingerprint density at radius 2 is 1.84 bits per heavy atom. The fraction of sp³-hybridized carbons (Fsp3) is 0.200. The number of nitrogens with two attached hydrogens (primary N) is 1. The first-order chi connectivity index (χ1) is 12.0. The summed E-state index contributed by atoms with van der Waals surface area (Å²) in [6.45, 7) is 4.70. The van der Waals surface area contributed by atoms with Gasteiger partial charge in [0.05, 0.1) is 5.39 Å². The molecular formula is C20H20N2O3. The van der Waals surface area contributed by atoms with Crippen LogP contribution in [0.25, 0.3) is 22.3 Å². The van der Waals surface area contributed by atoms with Gasteiger partial charge in [-0.2, -0.15) is 0 Å². The van der Waals surface area contributed by atoms with Crippen molar-refractivity contribution in [3.8, 4) is 11.3 Å². The maximum atomic E-state index is 12.4. The van der Waals surface area contributed by atoms with Gasteiger partial charge in [0.15, 0.2) is 5.43 Å². The molecule has 0 radical (unpaired) electrons. The molecule has 1 heterocycles. The SMILES string of the molecule is Cc1cc(C)c2oc(-c3ccc(C(=O)NCCN)cc3)cc(=O)c2c1. The first-order valence-corrected chi connectivity index (χ1v) is 8.13. The van der Waals surface area contributed by atoms with Crippen molar-refractivity contribution in [2.24, 2.45) is 5.73 Å². The first-order valence-electron chi connectivity index (χ1n) is 8.13. The molecule has 0 fully saturated rings. The molecule has 5 nitrogen and oxygen atoms in total. The summed E-state index contributed by atoms with van der Waals surface area (Å²) >= 11 is 0. The molecule has 0 aliphatic heterocycles. The molecule has 0 aliphatic rings. The van der Waals surface area contributed by atoms with Gasteiger partial charge in [0.1, 0.15) is 11.3 Å². The van der Waals surface area contributed by atoms with Gasteiger partial charge in [-0.05, 0) is 43.2 Å². The summed E-state index contributed by atoms with van der Waals surface area (Å²) in [6.07, 6.45) is 0. The van der Waals surface area contributed by atoms with Crippen molar-refractivity contribution in [2.75, 3.05) is 13.1 Å². The number of aryl methyl sites for hydroxylation is 2. The lowest BCUT2D eigenvalue weighted by Crippen LogP contribution is -2.28. The molecule has 0 atom stereocenters. The van der Waals surface area contributed by atoms with Crippen LogP contribution in [0.5, 0.6) is 0 Å². The van der Waals surface area contributed by atoms with Crippen molar-refractivity contribution in [3.05, 3.63) is 69.4 Å². The Bertz CT molecular complexity index is 988.